The van der Waals surface area contributed by atoms with Gasteiger partial charge in [-0.1, -0.05) is 47.2 Å². The van der Waals surface area contributed by atoms with Gasteiger partial charge in [0.15, 0.2) is 23.1 Å². The molecule has 0 bridgehead atoms. The van der Waals surface area contributed by atoms with E-state index in [-0.39, 0.29) is 17.5 Å². The highest BCUT2D eigenvalue weighted by Gasteiger charge is 2.15. The van der Waals surface area contributed by atoms with Crippen LogP contribution in [0.3, 0.4) is 0 Å². The summed E-state index contributed by atoms with van der Waals surface area (Å²) in [6, 6.07) is 16.2. The normalized spacial score (nSPS) is 10.9. The Hall–Kier alpha value is -3.41. The minimum atomic E-state index is -0.356. The molecule has 0 radical (unpaired) electrons. The van der Waals surface area contributed by atoms with Crippen LogP contribution in [0.1, 0.15) is 20.4 Å². The maximum Gasteiger partial charge on any atom is 0.286 e. The molecule has 0 fully saturated rings. The molecule has 1 aromatic heterocycles. The molecule has 0 atom stereocenters. The monoisotopic (exact) mass is 426 g/mol. The zero-order chi connectivity index (χ0) is 20.6. The highest BCUT2D eigenvalue weighted by atomic mass is 35.5. The summed E-state index contributed by atoms with van der Waals surface area (Å²) in [5, 5.41) is 20.2. The van der Waals surface area contributed by atoms with E-state index in [0.717, 1.165) is 16.9 Å². The van der Waals surface area contributed by atoms with Crippen LogP contribution in [-0.2, 0) is 0 Å². The van der Waals surface area contributed by atoms with Gasteiger partial charge in [0.05, 0.1) is 12.1 Å². The summed E-state index contributed by atoms with van der Waals surface area (Å²) in [5.41, 5.74) is 1.41. The molecule has 3 rings (SSSR count). The van der Waals surface area contributed by atoms with Crippen molar-refractivity contribution in [1.29, 1.82) is 5.26 Å². The number of hydrogen-bond donors (Lipinski definition) is 1. The van der Waals surface area contributed by atoms with Gasteiger partial charge in [0.1, 0.15) is 6.07 Å². The number of halogens is 1. The second-order valence-electron chi connectivity index (χ2n) is 5.58. The van der Waals surface area contributed by atoms with E-state index in [0.29, 0.717) is 27.2 Å². The fraction of sp³-hybridized carbons (Fsp3) is 0.100. The summed E-state index contributed by atoms with van der Waals surface area (Å²) in [4.78, 5) is 12.3. The molecule has 9 heteroatoms. The summed E-state index contributed by atoms with van der Waals surface area (Å²) in [6.07, 6.45) is 1.68. The predicted molar refractivity (Wildman–Crippen MR) is 112 cm³/mol. The number of aromatic nitrogens is 2. The van der Waals surface area contributed by atoms with Gasteiger partial charge in [-0.2, -0.15) is 5.26 Å². The van der Waals surface area contributed by atoms with Crippen molar-refractivity contribution in [1.82, 2.24) is 10.2 Å². The quantitative estimate of drug-likeness (QED) is 0.599. The molecule has 146 valence electrons. The summed E-state index contributed by atoms with van der Waals surface area (Å²) in [7, 11) is 1.51. The molecule has 1 heterocycles. The van der Waals surface area contributed by atoms with Gasteiger partial charge in [0, 0.05) is 5.69 Å². The number of amides is 1. The van der Waals surface area contributed by atoms with Crippen LogP contribution in [0.15, 0.2) is 48.5 Å². The lowest BCUT2D eigenvalue weighted by molar-refractivity contribution is 0.102. The van der Waals surface area contributed by atoms with Crippen LogP contribution in [0.25, 0.3) is 11.1 Å². The number of anilines is 1. The Balaban J connectivity index is 1.75. The van der Waals surface area contributed by atoms with Gasteiger partial charge in [-0.05, 0) is 35.9 Å². The van der Waals surface area contributed by atoms with Gasteiger partial charge >= 0.3 is 0 Å². The molecule has 0 unspecified atom stereocenters. The zero-order valence-corrected chi connectivity index (χ0v) is 16.8. The van der Waals surface area contributed by atoms with Crippen molar-refractivity contribution >= 4 is 45.6 Å². The van der Waals surface area contributed by atoms with Crippen LogP contribution in [0.2, 0.25) is 0 Å². The Labute approximate surface area is 176 Å². The fourth-order valence-corrected chi connectivity index (χ4v) is 3.25. The molecule has 0 aliphatic carbocycles. The molecular formula is C20H15ClN4O3S. The predicted octanol–water partition coefficient (Wildman–Crippen LogP) is 4.44. The number of carbonyl (C=O) groups excluding carboxylic acids is 1. The molecule has 0 saturated carbocycles. The van der Waals surface area contributed by atoms with Gasteiger partial charge in [0.2, 0.25) is 5.01 Å². The second kappa shape index (κ2) is 9.68. The molecule has 0 aliphatic heterocycles. The number of nitriles is 1. The van der Waals surface area contributed by atoms with E-state index >= 15 is 0 Å². The van der Waals surface area contributed by atoms with Crippen LogP contribution in [0.5, 0.6) is 11.5 Å². The van der Waals surface area contributed by atoms with E-state index in [4.69, 9.17) is 26.3 Å². The van der Waals surface area contributed by atoms with Crippen LogP contribution in [0, 0.1) is 11.3 Å². The molecular weight excluding hydrogens is 412 g/mol. The van der Waals surface area contributed by atoms with Crippen molar-refractivity contribution in [3.05, 3.63) is 64.1 Å². The van der Waals surface area contributed by atoms with Gasteiger partial charge in [-0.3, -0.25) is 4.79 Å². The SMILES string of the molecule is COc1cc(/C=C(/Cl)c2nnc(C(=O)Nc3ccccc3)s2)ccc1OCC#N. The Bertz CT molecular complexity index is 1080. The number of methoxy groups -OCH3 is 1. The van der Waals surface area contributed by atoms with E-state index in [2.05, 4.69) is 15.5 Å². The number of nitrogens with zero attached hydrogens (tertiary/aromatic N) is 3. The lowest BCUT2D eigenvalue weighted by atomic mass is 10.2. The Morgan fingerprint density at radius 1 is 1.21 bits per heavy atom. The Morgan fingerprint density at radius 3 is 2.69 bits per heavy atom. The standard InChI is InChI=1S/C20H15ClN4O3S/c1-27-17-12-13(7-8-16(17)28-10-9-22)11-15(21)19-24-25-20(29-19)18(26)23-14-5-3-2-4-6-14/h2-8,11-12H,10H2,1H3,(H,23,26)/b15-11+. The third-order valence-electron chi connectivity index (χ3n) is 3.63. The molecule has 3 aromatic rings. The van der Waals surface area contributed by atoms with Crippen LogP contribution in [-0.4, -0.2) is 29.8 Å². The lowest BCUT2D eigenvalue weighted by Gasteiger charge is -2.08. The van der Waals surface area contributed by atoms with Gasteiger partial charge in [0.25, 0.3) is 5.91 Å². The summed E-state index contributed by atoms with van der Waals surface area (Å²) < 4.78 is 10.6. The first-order valence-electron chi connectivity index (χ1n) is 8.36. The number of carbonyl (C=O) groups is 1. The maximum absolute atomic E-state index is 12.3. The van der Waals surface area contributed by atoms with Crippen molar-refractivity contribution < 1.29 is 14.3 Å². The van der Waals surface area contributed by atoms with E-state index in [1.54, 1.807) is 36.4 Å². The van der Waals surface area contributed by atoms with Gasteiger partial charge < -0.3 is 14.8 Å². The number of nitrogens with one attached hydrogen (secondary N) is 1. The molecule has 7 nitrogen and oxygen atoms in total. The number of rotatable bonds is 7. The minimum absolute atomic E-state index is 0.0785. The van der Waals surface area contributed by atoms with Crippen molar-refractivity contribution in [2.75, 3.05) is 19.0 Å². The lowest BCUT2D eigenvalue weighted by Crippen LogP contribution is -2.11. The molecule has 2 aromatic carbocycles. The van der Waals surface area contributed by atoms with E-state index in [1.165, 1.54) is 7.11 Å². The third kappa shape index (κ3) is 5.31. The van der Waals surface area contributed by atoms with Crippen molar-refractivity contribution in [2.24, 2.45) is 0 Å². The van der Waals surface area contributed by atoms with Crippen molar-refractivity contribution in [3.8, 4) is 17.6 Å². The topological polar surface area (TPSA) is 97.1 Å². The molecule has 1 N–H and O–H groups in total. The summed E-state index contributed by atoms with van der Waals surface area (Å²) in [6.45, 7) is -0.0785. The van der Waals surface area contributed by atoms with Crippen molar-refractivity contribution in [2.45, 2.75) is 0 Å². The first-order chi connectivity index (χ1) is 14.1. The molecule has 0 aliphatic rings. The van der Waals surface area contributed by atoms with Crippen molar-refractivity contribution in [3.63, 3.8) is 0 Å². The average Bonchev–Trinajstić information content (AvgIpc) is 3.24. The number of benzene rings is 2. The third-order valence-corrected chi connectivity index (χ3v) is 4.98. The number of para-hydroxylation sites is 1. The summed E-state index contributed by atoms with van der Waals surface area (Å²) in [5.74, 6) is 0.571. The smallest absolute Gasteiger partial charge is 0.286 e. The second-order valence-corrected chi connectivity index (χ2v) is 6.97. The minimum Gasteiger partial charge on any atom is -0.493 e. The van der Waals surface area contributed by atoms with E-state index in [9.17, 15) is 4.79 Å². The van der Waals surface area contributed by atoms with Crippen LogP contribution < -0.4 is 14.8 Å². The highest BCUT2D eigenvalue weighted by Crippen LogP contribution is 2.31. The number of ether oxygens (including phenoxy) is 2. The average molecular weight is 427 g/mol. The molecule has 0 spiro atoms. The zero-order valence-electron chi connectivity index (χ0n) is 15.3. The first kappa shape index (κ1) is 20.3. The highest BCUT2D eigenvalue weighted by molar-refractivity contribution is 7.15. The Kier molecular flexibility index (Phi) is 6.79. The Morgan fingerprint density at radius 2 is 1.97 bits per heavy atom. The first-order valence-corrected chi connectivity index (χ1v) is 9.55. The fourth-order valence-electron chi connectivity index (χ4n) is 2.33. The molecule has 29 heavy (non-hydrogen) atoms. The van der Waals surface area contributed by atoms with Gasteiger partial charge in [-0.15, -0.1) is 10.2 Å². The van der Waals surface area contributed by atoms with Crippen LogP contribution >= 0.6 is 22.9 Å². The van der Waals surface area contributed by atoms with E-state index in [1.807, 2.05) is 24.3 Å². The molecule has 0 saturated heterocycles. The summed E-state index contributed by atoms with van der Waals surface area (Å²) >= 11 is 7.45. The largest absolute Gasteiger partial charge is 0.493 e. The molecule has 1 amide bonds. The van der Waals surface area contributed by atoms with Crippen LogP contribution in [0.4, 0.5) is 5.69 Å². The van der Waals surface area contributed by atoms with Gasteiger partial charge in [-0.25, -0.2) is 0 Å². The maximum atomic E-state index is 12.3. The van der Waals surface area contributed by atoms with E-state index < -0.39 is 0 Å². The number of hydrogen-bond acceptors (Lipinski definition) is 7.